The van der Waals surface area contributed by atoms with E-state index < -0.39 is 0 Å². The molecule has 1 spiro atoms. The van der Waals surface area contributed by atoms with E-state index in [1.165, 1.54) is 0 Å². The summed E-state index contributed by atoms with van der Waals surface area (Å²) in [6.45, 7) is 1.13. The van der Waals surface area contributed by atoms with Crippen LogP contribution >= 0.6 is 0 Å². The average molecular weight is 411 g/mol. The van der Waals surface area contributed by atoms with Crippen LogP contribution in [0.4, 0.5) is 0 Å². The molecule has 1 saturated heterocycles. The van der Waals surface area contributed by atoms with Crippen molar-refractivity contribution in [3.05, 3.63) is 81.5 Å². The van der Waals surface area contributed by atoms with Crippen LogP contribution in [0.3, 0.4) is 0 Å². The number of hydrogen-bond acceptors (Lipinski definition) is 5. The monoisotopic (exact) mass is 411 g/mol. The summed E-state index contributed by atoms with van der Waals surface area (Å²) in [6, 6.07) is 12.7. The number of nitrogens with zero attached hydrogens (tertiary/aromatic N) is 4. The third-order valence-electron chi connectivity index (χ3n) is 6.45. The highest BCUT2D eigenvalue weighted by Crippen LogP contribution is 2.43. The third-order valence-corrected chi connectivity index (χ3v) is 6.45. The number of carbonyl (C=O) groups is 1. The van der Waals surface area contributed by atoms with E-state index in [1.807, 2.05) is 17.0 Å². The van der Waals surface area contributed by atoms with Gasteiger partial charge >= 0.3 is 0 Å². The Labute approximate surface area is 179 Å². The molecule has 1 N–H and O–H groups in total. The molecule has 1 atom stereocenters. The number of rotatable bonds is 2. The van der Waals surface area contributed by atoms with Crippen LogP contribution in [0, 0.1) is 11.3 Å². The lowest BCUT2D eigenvalue weighted by Crippen LogP contribution is -2.48. The molecular formula is C24H21N5O2. The van der Waals surface area contributed by atoms with Crippen LogP contribution in [0.5, 0.6) is 0 Å². The number of pyridine rings is 1. The molecule has 0 radical (unpaired) electrons. The third kappa shape index (κ3) is 3.21. The molecule has 3 aromatic rings. The number of nitrogens with one attached hydrogen (secondary N) is 1. The van der Waals surface area contributed by atoms with Crippen molar-refractivity contribution in [3.63, 3.8) is 0 Å². The van der Waals surface area contributed by atoms with Gasteiger partial charge in [-0.1, -0.05) is 12.1 Å². The molecule has 0 bridgehead atoms. The number of amides is 1. The molecule has 5 rings (SSSR count). The van der Waals surface area contributed by atoms with Gasteiger partial charge in [-0.2, -0.15) is 5.26 Å². The van der Waals surface area contributed by atoms with Crippen molar-refractivity contribution in [2.75, 3.05) is 13.1 Å². The van der Waals surface area contributed by atoms with Gasteiger partial charge in [0.05, 0.1) is 22.9 Å². The van der Waals surface area contributed by atoms with Gasteiger partial charge in [0.2, 0.25) is 0 Å². The second-order valence-corrected chi connectivity index (χ2v) is 8.25. The number of H-pyrrole nitrogens is 1. The Morgan fingerprint density at radius 1 is 1.19 bits per heavy atom. The molecule has 1 unspecified atom stereocenters. The first kappa shape index (κ1) is 19.2. The van der Waals surface area contributed by atoms with Crippen LogP contribution in [0.15, 0.2) is 53.6 Å². The number of aromatic nitrogens is 3. The summed E-state index contributed by atoms with van der Waals surface area (Å²) in [7, 11) is 0. The van der Waals surface area contributed by atoms with Crippen molar-refractivity contribution < 1.29 is 4.79 Å². The van der Waals surface area contributed by atoms with Gasteiger partial charge in [-0.15, -0.1) is 0 Å². The highest BCUT2D eigenvalue weighted by molar-refractivity contribution is 5.96. The van der Waals surface area contributed by atoms with Crippen molar-refractivity contribution in [1.82, 2.24) is 19.9 Å². The Morgan fingerprint density at radius 2 is 2.06 bits per heavy atom. The zero-order chi connectivity index (χ0) is 21.4. The molecule has 2 aliphatic rings. The summed E-state index contributed by atoms with van der Waals surface area (Å²) in [5.74, 6) is 0.374. The van der Waals surface area contributed by atoms with E-state index in [1.54, 1.807) is 36.7 Å². The molecule has 1 aromatic carbocycles. The molecule has 1 aliphatic carbocycles. The minimum atomic E-state index is -0.337. The van der Waals surface area contributed by atoms with Crippen LogP contribution in [0.2, 0.25) is 0 Å². The first-order chi connectivity index (χ1) is 15.1. The van der Waals surface area contributed by atoms with Crippen molar-refractivity contribution >= 4 is 5.91 Å². The van der Waals surface area contributed by atoms with E-state index in [9.17, 15) is 14.9 Å². The Hall–Kier alpha value is -3.79. The van der Waals surface area contributed by atoms with Gasteiger partial charge in [-0.05, 0) is 49.9 Å². The summed E-state index contributed by atoms with van der Waals surface area (Å²) in [6.07, 6.45) is 6.52. The predicted octanol–water partition coefficient (Wildman–Crippen LogP) is 2.82. The molecule has 3 heterocycles. The fraction of sp³-hybridized carbons (Fsp3) is 0.292. The van der Waals surface area contributed by atoms with Crippen molar-refractivity contribution in [3.8, 4) is 17.5 Å². The molecule has 1 fully saturated rings. The van der Waals surface area contributed by atoms with Gasteiger partial charge in [0, 0.05) is 42.0 Å². The molecule has 1 amide bonds. The zero-order valence-corrected chi connectivity index (χ0v) is 17.0. The molecule has 1 aliphatic heterocycles. The van der Waals surface area contributed by atoms with Crippen LogP contribution in [-0.4, -0.2) is 38.8 Å². The Kier molecular flexibility index (Phi) is 4.63. The standard InChI is InChI=1S/C24H21N5O2/c25-13-16-5-1-2-7-18(16)23(31)29-12-4-9-24(15-29)10-8-19-20(24)27-21(28-22(19)30)17-6-3-11-26-14-17/h1-3,5-7,11,14H,4,8-10,12,15H2,(H,27,28,30). The smallest absolute Gasteiger partial charge is 0.255 e. The Morgan fingerprint density at radius 3 is 2.87 bits per heavy atom. The lowest BCUT2D eigenvalue weighted by atomic mass is 9.77. The summed E-state index contributed by atoms with van der Waals surface area (Å²) in [5, 5.41) is 9.40. The highest BCUT2D eigenvalue weighted by atomic mass is 16.2. The second-order valence-electron chi connectivity index (χ2n) is 8.25. The van der Waals surface area contributed by atoms with Crippen molar-refractivity contribution in [1.29, 1.82) is 5.26 Å². The van der Waals surface area contributed by atoms with Gasteiger partial charge in [0.25, 0.3) is 11.5 Å². The van der Waals surface area contributed by atoms with Gasteiger partial charge in [0.15, 0.2) is 0 Å². The lowest BCUT2D eigenvalue weighted by molar-refractivity contribution is 0.0633. The number of carbonyl (C=O) groups excluding carboxylic acids is 1. The average Bonchev–Trinajstić information content (AvgIpc) is 3.17. The molecular weight excluding hydrogens is 390 g/mol. The van der Waals surface area contributed by atoms with E-state index in [2.05, 4.69) is 16.0 Å². The van der Waals surface area contributed by atoms with Gasteiger partial charge in [-0.3, -0.25) is 14.6 Å². The van der Waals surface area contributed by atoms with Crippen LogP contribution in [0.25, 0.3) is 11.4 Å². The summed E-state index contributed by atoms with van der Waals surface area (Å²) >= 11 is 0. The number of benzene rings is 1. The molecule has 7 nitrogen and oxygen atoms in total. The maximum Gasteiger partial charge on any atom is 0.255 e. The van der Waals surface area contributed by atoms with Gasteiger partial charge in [0.1, 0.15) is 5.82 Å². The fourth-order valence-corrected chi connectivity index (χ4v) is 4.93. The normalized spacial score (nSPS) is 19.8. The maximum absolute atomic E-state index is 13.3. The van der Waals surface area contributed by atoms with Crippen LogP contribution in [-0.2, 0) is 11.8 Å². The van der Waals surface area contributed by atoms with Crippen molar-refractivity contribution in [2.24, 2.45) is 0 Å². The molecule has 2 aromatic heterocycles. The Bertz CT molecular complexity index is 1260. The van der Waals surface area contributed by atoms with Gasteiger partial charge in [-0.25, -0.2) is 4.98 Å². The first-order valence-electron chi connectivity index (χ1n) is 10.4. The number of nitriles is 1. The minimum Gasteiger partial charge on any atom is -0.338 e. The number of piperidine rings is 1. The van der Waals surface area contributed by atoms with E-state index in [4.69, 9.17) is 4.98 Å². The van der Waals surface area contributed by atoms with Crippen LogP contribution in [0.1, 0.15) is 46.4 Å². The van der Waals surface area contributed by atoms with Gasteiger partial charge < -0.3 is 9.88 Å². The lowest BCUT2D eigenvalue weighted by Gasteiger charge is -2.40. The number of likely N-dealkylation sites (tertiary alicyclic amines) is 1. The Balaban J connectivity index is 1.52. The number of aromatic amines is 1. The topological polar surface area (TPSA) is 103 Å². The van der Waals surface area contributed by atoms with Crippen molar-refractivity contribution in [2.45, 2.75) is 31.1 Å². The molecule has 154 valence electrons. The second kappa shape index (κ2) is 7.47. The minimum absolute atomic E-state index is 0.112. The van der Waals surface area contributed by atoms with E-state index in [-0.39, 0.29) is 16.9 Å². The first-order valence-corrected chi connectivity index (χ1v) is 10.4. The molecule has 31 heavy (non-hydrogen) atoms. The zero-order valence-electron chi connectivity index (χ0n) is 17.0. The highest BCUT2D eigenvalue weighted by Gasteiger charge is 2.46. The van der Waals surface area contributed by atoms with Crippen LogP contribution < -0.4 is 5.56 Å². The largest absolute Gasteiger partial charge is 0.338 e. The van der Waals surface area contributed by atoms with E-state index in [0.29, 0.717) is 36.5 Å². The van der Waals surface area contributed by atoms with E-state index in [0.717, 1.165) is 36.1 Å². The summed E-state index contributed by atoms with van der Waals surface area (Å²) in [4.78, 5) is 39.8. The van der Waals surface area contributed by atoms with E-state index >= 15 is 0 Å². The fourth-order valence-electron chi connectivity index (χ4n) is 4.93. The summed E-state index contributed by atoms with van der Waals surface area (Å²) < 4.78 is 0. The number of hydrogen-bond donors (Lipinski definition) is 1. The maximum atomic E-state index is 13.3. The quantitative estimate of drug-likeness (QED) is 0.698. The number of fused-ring (bicyclic) bond motifs is 2. The SMILES string of the molecule is N#Cc1ccccc1C(=O)N1CCCC2(CCc3c2nc(-c2cccnc2)[nH]c3=O)C1. The molecule has 0 saturated carbocycles. The summed E-state index contributed by atoms with van der Waals surface area (Å²) in [5.41, 5.74) is 2.65. The predicted molar refractivity (Wildman–Crippen MR) is 114 cm³/mol. The molecule has 7 heteroatoms.